The molecule has 1 N–H and O–H groups in total. The number of sulfonamides is 1. The summed E-state index contributed by atoms with van der Waals surface area (Å²) in [5, 5.41) is 10.1. The van der Waals surface area contributed by atoms with Crippen molar-refractivity contribution >= 4 is 27.5 Å². The Bertz CT molecular complexity index is 1750. The maximum atomic E-state index is 15.3. The maximum Gasteiger partial charge on any atom is 0.274 e. The Morgan fingerprint density at radius 1 is 0.978 bits per heavy atom. The Balaban J connectivity index is 1.89. The lowest BCUT2D eigenvalue weighted by Gasteiger charge is -2.47. The van der Waals surface area contributed by atoms with E-state index in [0.29, 0.717) is 34.9 Å². The minimum Gasteiger partial charge on any atom is -0.497 e. The number of piperidine rings is 1. The highest BCUT2D eigenvalue weighted by Gasteiger charge is 2.62. The van der Waals surface area contributed by atoms with E-state index in [1.165, 1.54) is 50.5 Å². The van der Waals surface area contributed by atoms with Gasteiger partial charge in [-0.15, -0.1) is 0 Å². The Morgan fingerprint density at radius 3 is 2.36 bits per heavy atom. The van der Waals surface area contributed by atoms with Crippen LogP contribution in [0.5, 0.6) is 17.2 Å². The molecule has 0 aromatic heterocycles. The first-order valence-electron chi connectivity index (χ1n) is 14.3. The molecule has 1 unspecified atom stereocenters. The van der Waals surface area contributed by atoms with Crippen LogP contribution in [0.4, 0.5) is 10.1 Å². The Hall–Kier alpha value is -4.20. The number of aliphatic hydroxyl groups is 1. The van der Waals surface area contributed by atoms with Crippen LogP contribution in [0.1, 0.15) is 36.0 Å². The maximum absolute atomic E-state index is 15.3. The van der Waals surface area contributed by atoms with Gasteiger partial charge in [0.05, 0.1) is 39.7 Å². The second-order valence-electron chi connectivity index (χ2n) is 11.1. The molecule has 0 bridgehead atoms. The van der Waals surface area contributed by atoms with Crippen molar-refractivity contribution in [2.75, 3.05) is 46.3 Å². The average molecular weight is 642 g/mol. The number of likely N-dealkylation sites (tertiary alicyclic amines) is 1. The number of amides is 2. The summed E-state index contributed by atoms with van der Waals surface area (Å²) in [4.78, 5) is 31.8. The number of nitrogens with zero attached hydrogens (tertiary/aromatic N) is 3. The lowest BCUT2D eigenvalue weighted by molar-refractivity contribution is -0.142. The number of ether oxygens (including phenoxy) is 3. The molecule has 240 valence electrons. The topological polar surface area (TPSA) is 126 Å². The van der Waals surface area contributed by atoms with Crippen molar-refractivity contribution in [2.24, 2.45) is 0 Å². The highest BCUT2D eigenvalue weighted by atomic mass is 32.2. The van der Waals surface area contributed by atoms with Crippen LogP contribution in [0.3, 0.4) is 0 Å². The highest BCUT2D eigenvalue weighted by Crippen LogP contribution is 2.54. The summed E-state index contributed by atoms with van der Waals surface area (Å²) in [5.41, 5.74) is -1.53. The number of aliphatic hydroxyl groups excluding tert-OH is 1. The van der Waals surface area contributed by atoms with Crippen LogP contribution in [-0.4, -0.2) is 83.1 Å². The van der Waals surface area contributed by atoms with Crippen LogP contribution in [0.15, 0.2) is 59.5 Å². The van der Waals surface area contributed by atoms with Gasteiger partial charge in [0, 0.05) is 37.8 Å². The molecule has 2 amide bonds. The molecule has 3 aromatic rings. The minimum atomic E-state index is -4.72. The van der Waals surface area contributed by atoms with Crippen molar-refractivity contribution in [1.82, 2.24) is 9.80 Å². The Labute approximate surface area is 261 Å². The smallest absolute Gasteiger partial charge is 0.274 e. The molecule has 0 aliphatic carbocycles. The standard InChI is InChI=1S/C32H36FN3O8S/c1-34(2)30(38)26-8-6-7-15-35(26)32(24-16-20(19-37)9-13-27(24)43-4)23-17-21(33)10-12-25(23)36(31(32)39)45(40,41)29-14-11-22(42-3)18-28(29)44-5/h9-14,16-18,26,37H,6-8,15,19H2,1-5H3/t26-,32?/m0/s1. The second-order valence-corrected chi connectivity index (χ2v) is 12.8. The number of carbonyl (C=O) groups is 2. The molecule has 1 fully saturated rings. The monoisotopic (exact) mass is 641 g/mol. The predicted molar refractivity (Wildman–Crippen MR) is 163 cm³/mol. The van der Waals surface area contributed by atoms with Crippen molar-refractivity contribution in [1.29, 1.82) is 0 Å². The fraction of sp³-hybridized carbons (Fsp3) is 0.375. The number of rotatable bonds is 9. The number of hydrogen-bond acceptors (Lipinski definition) is 9. The van der Waals surface area contributed by atoms with E-state index in [4.69, 9.17) is 14.2 Å². The summed E-state index contributed by atoms with van der Waals surface area (Å²) in [5.74, 6) is -1.50. The van der Waals surface area contributed by atoms with Gasteiger partial charge in [-0.1, -0.05) is 12.5 Å². The lowest BCUT2D eigenvalue weighted by Crippen LogP contribution is -2.62. The first kappa shape index (κ1) is 32.2. The molecule has 2 aliphatic heterocycles. The number of fused-ring (bicyclic) bond motifs is 1. The lowest BCUT2D eigenvalue weighted by atomic mass is 9.78. The fourth-order valence-electron chi connectivity index (χ4n) is 6.39. The van der Waals surface area contributed by atoms with Crippen molar-refractivity contribution in [2.45, 2.75) is 42.3 Å². The molecule has 11 nitrogen and oxygen atoms in total. The molecule has 45 heavy (non-hydrogen) atoms. The molecular weight excluding hydrogens is 605 g/mol. The molecule has 5 rings (SSSR count). The number of carbonyl (C=O) groups excluding carboxylic acids is 2. The molecule has 0 radical (unpaired) electrons. The highest BCUT2D eigenvalue weighted by molar-refractivity contribution is 7.93. The summed E-state index contributed by atoms with van der Waals surface area (Å²) in [7, 11) is 2.60. The summed E-state index contributed by atoms with van der Waals surface area (Å²) in [6.45, 7) is -0.194. The third-order valence-electron chi connectivity index (χ3n) is 8.45. The number of anilines is 1. The number of methoxy groups -OCH3 is 3. The van der Waals surface area contributed by atoms with Gasteiger partial charge in [-0.2, -0.15) is 0 Å². The summed E-state index contributed by atoms with van der Waals surface area (Å²) >= 11 is 0. The SMILES string of the molecule is COc1ccc(S(=O)(=O)N2C(=O)C(c3cc(CO)ccc3OC)(N3CCCC[C@H]3C(=O)N(C)C)c3cc(F)ccc32)c(OC)c1. The summed E-state index contributed by atoms with van der Waals surface area (Å²) in [6.07, 6.45) is 1.63. The van der Waals surface area contributed by atoms with Crippen molar-refractivity contribution in [3.8, 4) is 17.2 Å². The summed E-state index contributed by atoms with van der Waals surface area (Å²) in [6, 6.07) is 11.4. The van der Waals surface area contributed by atoms with E-state index >= 15 is 9.18 Å². The van der Waals surface area contributed by atoms with E-state index in [1.807, 2.05) is 0 Å². The first-order valence-corrected chi connectivity index (χ1v) is 15.8. The quantitative estimate of drug-likeness (QED) is 0.375. The van der Waals surface area contributed by atoms with Gasteiger partial charge in [-0.3, -0.25) is 14.5 Å². The molecular formula is C32H36FN3O8S. The zero-order chi connectivity index (χ0) is 32.7. The number of hydrogen-bond donors (Lipinski definition) is 1. The van der Waals surface area contributed by atoms with Gasteiger partial charge >= 0.3 is 0 Å². The molecule has 2 aliphatic rings. The van der Waals surface area contributed by atoms with Crippen molar-refractivity contribution in [3.63, 3.8) is 0 Å². The normalized spacial score (nSPS) is 20.1. The van der Waals surface area contributed by atoms with E-state index in [9.17, 15) is 18.3 Å². The molecule has 0 spiro atoms. The van der Waals surface area contributed by atoms with Crippen LogP contribution in [0, 0.1) is 5.82 Å². The van der Waals surface area contributed by atoms with Crippen LogP contribution in [0.2, 0.25) is 0 Å². The molecule has 3 aromatic carbocycles. The van der Waals surface area contributed by atoms with Crippen molar-refractivity contribution < 1.29 is 41.7 Å². The van der Waals surface area contributed by atoms with Crippen LogP contribution >= 0.6 is 0 Å². The minimum absolute atomic E-state index is 0.0235. The van der Waals surface area contributed by atoms with E-state index in [1.54, 1.807) is 37.2 Å². The number of halogens is 1. The number of likely N-dealkylation sites (N-methyl/N-ethyl adjacent to an activating group) is 1. The van der Waals surface area contributed by atoms with Gasteiger partial charge < -0.3 is 24.2 Å². The Kier molecular flexibility index (Phi) is 8.80. The van der Waals surface area contributed by atoms with Gasteiger partial charge in [-0.25, -0.2) is 17.1 Å². The van der Waals surface area contributed by atoms with Gasteiger partial charge in [0.2, 0.25) is 5.91 Å². The van der Waals surface area contributed by atoms with Gasteiger partial charge in [0.25, 0.3) is 15.9 Å². The molecule has 0 saturated carbocycles. The van der Waals surface area contributed by atoms with E-state index in [0.717, 1.165) is 12.1 Å². The molecule has 13 heteroatoms. The zero-order valence-electron chi connectivity index (χ0n) is 25.7. The second kappa shape index (κ2) is 12.3. The molecule has 2 heterocycles. The third-order valence-corrected chi connectivity index (χ3v) is 10.2. The summed E-state index contributed by atoms with van der Waals surface area (Å²) < 4.78 is 61.5. The van der Waals surface area contributed by atoms with Gasteiger partial charge in [0.1, 0.15) is 28.0 Å². The average Bonchev–Trinajstić information content (AvgIpc) is 3.31. The van der Waals surface area contributed by atoms with Crippen LogP contribution < -0.4 is 18.5 Å². The van der Waals surface area contributed by atoms with E-state index < -0.39 is 39.9 Å². The van der Waals surface area contributed by atoms with E-state index in [2.05, 4.69) is 0 Å². The molecule has 1 saturated heterocycles. The van der Waals surface area contributed by atoms with Gasteiger partial charge in [0.15, 0.2) is 5.54 Å². The zero-order valence-corrected chi connectivity index (χ0v) is 26.6. The molecule has 2 atom stereocenters. The van der Waals surface area contributed by atoms with Gasteiger partial charge in [-0.05, 0) is 60.9 Å². The Morgan fingerprint density at radius 2 is 1.71 bits per heavy atom. The predicted octanol–water partition coefficient (Wildman–Crippen LogP) is 3.27. The van der Waals surface area contributed by atoms with E-state index in [-0.39, 0.29) is 45.7 Å². The first-order chi connectivity index (χ1) is 21.5. The third kappa shape index (κ3) is 5.08. The van der Waals surface area contributed by atoms with Crippen LogP contribution in [0.25, 0.3) is 0 Å². The fourth-order valence-corrected chi connectivity index (χ4v) is 7.99. The largest absolute Gasteiger partial charge is 0.497 e. The van der Waals surface area contributed by atoms with Crippen molar-refractivity contribution in [3.05, 3.63) is 77.1 Å². The number of benzene rings is 3. The van der Waals surface area contributed by atoms with Crippen LogP contribution in [-0.2, 0) is 31.8 Å².